The standard InChI is InChI=1S/C23H34N2O4/c1-3-7-19-8-9-20(21(16-19)27-2)29-17-22(26)24-18-23(10-5-4-6-11-23)25-12-14-28-15-13-25/h3,8-9,16H,1,4-7,10-15,17-18H2,2H3,(H,24,26). The number of methoxy groups -OCH3 is 1. The molecule has 160 valence electrons. The van der Waals surface area contributed by atoms with Gasteiger partial charge in [-0.3, -0.25) is 9.69 Å². The molecule has 1 saturated carbocycles. The van der Waals surface area contributed by atoms with Gasteiger partial charge in [-0.1, -0.05) is 31.4 Å². The number of hydrogen-bond donors (Lipinski definition) is 1. The molecule has 6 heteroatoms. The summed E-state index contributed by atoms with van der Waals surface area (Å²) in [5.74, 6) is 1.12. The van der Waals surface area contributed by atoms with Crippen molar-refractivity contribution in [3.8, 4) is 11.5 Å². The molecule has 0 aromatic heterocycles. The summed E-state index contributed by atoms with van der Waals surface area (Å²) in [5, 5.41) is 3.13. The zero-order chi connectivity index (χ0) is 20.5. The largest absolute Gasteiger partial charge is 0.493 e. The fraction of sp³-hybridized carbons (Fsp3) is 0.609. The van der Waals surface area contributed by atoms with Gasteiger partial charge >= 0.3 is 0 Å². The predicted octanol–water partition coefficient (Wildman–Crippen LogP) is 2.95. The van der Waals surface area contributed by atoms with Gasteiger partial charge in [-0.15, -0.1) is 6.58 Å². The molecule has 3 rings (SSSR count). The number of hydrogen-bond acceptors (Lipinski definition) is 5. The smallest absolute Gasteiger partial charge is 0.258 e. The van der Waals surface area contributed by atoms with E-state index in [9.17, 15) is 4.79 Å². The molecule has 0 atom stereocenters. The average Bonchev–Trinajstić information content (AvgIpc) is 2.78. The Balaban J connectivity index is 1.55. The summed E-state index contributed by atoms with van der Waals surface area (Å²) in [4.78, 5) is 15.0. The summed E-state index contributed by atoms with van der Waals surface area (Å²) in [6.45, 7) is 7.86. The van der Waals surface area contributed by atoms with E-state index in [0.29, 0.717) is 18.0 Å². The van der Waals surface area contributed by atoms with Crippen molar-refractivity contribution in [3.05, 3.63) is 36.4 Å². The van der Waals surface area contributed by atoms with Crippen LogP contribution in [-0.4, -0.2) is 62.9 Å². The van der Waals surface area contributed by atoms with E-state index in [4.69, 9.17) is 14.2 Å². The van der Waals surface area contributed by atoms with Crippen LogP contribution in [-0.2, 0) is 16.0 Å². The van der Waals surface area contributed by atoms with Crippen LogP contribution in [0.25, 0.3) is 0 Å². The van der Waals surface area contributed by atoms with Gasteiger partial charge in [-0.2, -0.15) is 0 Å². The van der Waals surface area contributed by atoms with Gasteiger partial charge in [-0.25, -0.2) is 0 Å². The lowest BCUT2D eigenvalue weighted by Gasteiger charge is -2.48. The average molecular weight is 403 g/mol. The van der Waals surface area contributed by atoms with Crippen molar-refractivity contribution in [2.45, 2.75) is 44.1 Å². The van der Waals surface area contributed by atoms with Crippen molar-refractivity contribution in [2.75, 3.05) is 46.6 Å². The zero-order valence-electron chi connectivity index (χ0n) is 17.6. The van der Waals surface area contributed by atoms with Crippen molar-refractivity contribution in [3.63, 3.8) is 0 Å². The summed E-state index contributed by atoms with van der Waals surface area (Å²) < 4.78 is 16.7. The highest BCUT2D eigenvalue weighted by Gasteiger charge is 2.38. The van der Waals surface area contributed by atoms with E-state index >= 15 is 0 Å². The lowest BCUT2D eigenvalue weighted by atomic mass is 9.79. The Bertz CT molecular complexity index is 679. The summed E-state index contributed by atoms with van der Waals surface area (Å²) in [6, 6.07) is 5.73. The first-order valence-corrected chi connectivity index (χ1v) is 10.7. The van der Waals surface area contributed by atoms with Gasteiger partial charge in [0, 0.05) is 25.2 Å². The molecule has 6 nitrogen and oxygen atoms in total. The minimum atomic E-state index is -0.0968. The van der Waals surface area contributed by atoms with Crippen LogP contribution in [0.1, 0.15) is 37.7 Å². The quantitative estimate of drug-likeness (QED) is 0.644. The summed E-state index contributed by atoms with van der Waals surface area (Å²) >= 11 is 0. The fourth-order valence-corrected chi connectivity index (χ4v) is 4.43. The number of amides is 1. The maximum atomic E-state index is 12.5. The van der Waals surface area contributed by atoms with E-state index < -0.39 is 0 Å². The van der Waals surface area contributed by atoms with Crippen molar-refractivity contribution in [1.82, 2.24) is 10.2 Å². The normalized spacial score (nSPS) is 19.3. The minimum absolute atomic E-state index is 0.0175. The van der Waals surface area contributed by atoms with Gasteiger partial charge in [0.25, 0.3) is 5.91 Å². The fourth-order valence-electron chi connectivity index (χ4n) is 4.43. The van der Waals surface area contributed by atoms with Crippen LogP contribution in [0.3, 0.4) is 0 Å². The molecule has 0 unspecified atom stereocenters. The molecular formula is C23H34N2O4. The molecule has 1 saturated heterocycles. The zero-order valence-corrected chi connectivity index (χ0v) is 17.6. The number of nitrogens with zero attached hydrogens (tertiary/aromatic N) is 1. The van der Waals surface area contributed by atoms with Crippen LogP contribution in [0.5, 0.6) is 11.5 Å². The monoisotopic (exact) mass is 402 g/mol. The molecule has 1 aromatic rings. The Morgan fingerprint density at radius 1 is 1.24 bits per heavy atom. The van der Waals surface area contributed by atoms with E-state index in [1.54, 1.807) is 7.11 Å². The number of rotatable bonds is 9. The molecule has 29 heavy (non-hydrogen) atoms. The molecule has 0 spiro atoms. The van der Waals surface area contributed by atoms with Crippen LogP contribution in [0.15, 0.2) is 30.9 Å². The highest BCUT2D eigenvalue weighted by atomic mass is 16.5. The summed E-state index contributed by atoms with van der Waals surface area (Å²) in [5.41, 5.74) is 1.15. The van der Waals surface area contributed by atoms with Crippen LogP contribution >= 0.6 is 0 Å². The summed E-state index contributed by atoms with van der Waals surface area (Å²) in [7, 11) is 1.61. The second-order valence-electron chi connectivity index (χ2n) is 7.93. The van der Waals surface area contributed by atoms with Crippen molar-refractivity contribution >= 4 is 5.91 Å². The molecule has 1 aromatic carbocycles. The van der Waals surface area contributed by atoms with Crippen LogP contribution in [0.4, 0.5) is 0 Å². The van der Waals surface area contributed by atoms with Crippen LogP contribution in [0.2, 0.25) is 0 Å². The topological polar surface area (TPSA) is 60.0 Å². The molecule has 1 aliphatic carbocycles. The maximum absolute atomic E-state index is 12.5. The number of carbonyl (C=O) groups is 1. The number of morpholine rings is 1. The molecule has 1 N–H and O–H groups in total. The van der Waals surface area contributed by atoms with E-state index in [1.807, 2.05) is 24.3 Å². The highest BCUT2D eigenvalue weighted by molar-refractivity contribution is 5.77. The number of carbonyl (C=O) groups excluding carboxylic acids is 1. The molecular weight excluding hydrogens is 368 g/mol. The number of nitrogens with one attached hydrogen (secondary N) is 1. The molecule has 1 heterocycles. The Hall–Kier alpha value is -2.05. The van der Waals surface area contributed by atoms with Gasteiger partial charge < -0.3 is 19.5 Å². The molecule has 0 radical (unpaired) electrons. The third-order valence-corrected chi connectivity index (χ3v) is 6.05. The molecule has 2 fully saturated rings. The second-order valence-corrected chi connectivity index (χ2v) is 7.93. The number of ether oxygens (including phenoxy) is 3. The minimum Gasteiger partial charge on any atom is -0.493 e. The number of benzene rings is 1. The SMILES string of the molecule is C=CCc1ccc(OCC(=O)NCC2(N3CCOCC3)CCCCC2)c(OC)c1. The maximum Gasteiger partial charge on any atom is 0.258 e. The first-order chi connectivity index (χ1) is 14.2. The van der Waals surface area contributed by atoms with Crippen molar-refractivity contribution in [2.24, 2.45) is 0 Å². The Morgan fingerprint density at radius 2 is 2.00 bits per heavy atom. The van der Waals surface area contributed by atoms with E-state index in [-0.39, 0.29) is 18.1 Å². The Labute approximate surface area is 174 Å². The molecule has 2 aliphatic rings. The van der Waals surface area contributed by atoms with Crippen molar-refractivity contribution in [1.29, 1.82) is 0 Å². The van der Waals surface area contributed by atoms with E-state index in [0.717, 1.165) is 51.1 Å². The number of allylic oxidation sites excluding steroid dienone is 1. The van der Waals surface area contributed by atoms with Crippen LogP contribution < -0.4 is 14.8 Å². The first-order valence-electron chi connectivity index (χ1n) is 10.7. The summed E-state index contributed by atoms with van der Waals surface area (Å²) in [6.07, 6.45) is 8.60. The van der Waals surface area contributed by atoms with Crippen LogP contribution in [0, 0.1) is 0 Å². The molecule has 1 amide bonds. The lowest BCUT2D eigenvalue weighted by molar-refractivity contribution is -0.124. The van der Waals surface area contributed by atoms with Gasteiger partial charge in [0.15, 0.2) is 18.1 Å². The van der Waals surface area contributed by atoms with E-state index in [2.05, 4.69) is 16.8 Å². The van der Waals surface area contributed by atoms with Gasteiger partial charge in [-0.05, 0) is 37.0 Å². The Kier molecular flexibility index (Phi) is 7.95. The Morgan fingerprint density at radius 3 is 2.69 bits per heavy atom. The first kappa shape index (κ1) is 21.7. The van der Waals surface area contributed by atoms with Gasteiger partial charge in [0.05, 0.1) is 20.3 Å². The highest BCUT2D eigenvalue weighted by Crippen LogP contribution is 2.34. The van der Waals surface area contributed by atoms with E-state index in [1.165, 1.54) is 19.3 Å². The second kappa shape index (κ2) is 10.6. The molecule has 0 bridgehead atoms. The third kappa shape index (κ3) is 5.73. The lowest BCUT2D eigenvalue weighted by Crippen LogP contribution is -2.60. The van der Waals surface area contributed by atoms with Gasteiger partial charge in [0.2, 0.25) is 0 Å². The van der Waals surface area contributed by atoms with Crippen molar-refractivity contribution < 1.29 is 19.0 Å². The third-order valence-electron chi connectivity index (χ3n) is 6.05. The molecule has 1 aliphatic heterocycles. The predicted molar refractivity (Wildman–Crippen MR) is 114 cm³/mol. The van der Waals surface area contributed by atoms with Gasteiger partial charge in [0.1, 0.15) is 0 Å².